The quantitative estimate of drug-likeness (QED) is 0.793. The van der Waals surface area contributed by atoms with Crippen molar-refractivity contribution in [3.8, 4) is 0 Å². The van der Waals surface area contributed by atoms with Crippen LogP contribution in [0.3, 0.4) is 0 Å². The van der Waals surface area contributed by atoms with Crippen LogP contribution in [0.2, 0.25) is 0 Å². The number of imidazole rings is 1. The second kappa shape index (κ2) is 6.53. The Labute approximate surface area is 145 Å². The van der Waals surface area contributed by atoms with Crippen LogP contribution < -0.4 is 5.69 Å². The molecule has 0 unspecified atom stereocenters. The third-order valence-electron chi connectivity index (χ3n) is 5.05. The number of aromatic amines is 1. The van der Waals surface area contributed by atoms with Crippen LogP contribution in [-0.2, 0) is 6.42 Å². The fraction of sp³-hybridized carbons (Fsp3) is 0.444. The highest BCUT2D eigenvalue weighted by Crippen LogP contribution is 2.25. The molecule has 5 nitrogen and oxygen atoms in total. The molecule has 1 saturated heterocycles. The Morgan fingerprint density at radius 1 is 1.29 bits per heavy atom. The first-order valence-corrected chi connectivity index (χ1v) is 9.41. The van der Waals surface area contributed by atoms with Gasteiger partial charge in [-0.25, -0.2) is 9.78 Å². The van der Waals surface area contributed by atoms with Gasteiger partial charge in [-0.1, -0.05) is 12.1 Å². The average molecular weight is 342 g/mol. The summed E-state index contributed by atoms with van der Waals surface area (Å²) < 4.78 is 1.96. The van der Waals surface area contributed by atoms with Crippen molar-refractivity contribution in [2.45, 2.75) is 32.2 Å². The van der Waals surface area contributed by atoms with Gasteiger partial charge in [0.2, 0.25) is 0 Å². The van der Waals surface area contributed by atoms with Gasteiger partial charge in [0, 0.05) is 30.6 Å². The number of likely N-dealkylation sites (tertiary alicyclic amines) is 1. The summed E-state index contributed by atoms with van der Waals surface area (Å²) in [5, 5.41) is 0. The number of hydrogen-bond donors (Lipinski definition) is 1. The highest BCUT2D eigenvalue weighted by molar-refractivity contribution is 7.09. The Hall–Kier alpha value is -1.92. The van der Waals surface area contributed by atoms with Crippen molar-refractivity contribution in [2.24, 2.45) is 0 Å². The Morgan fingerprint density at radius 2 is 2.08 bits per heavy atom. The highest BCUT2D eigenvalue weighted by atomic mass is 32.1. The Bertz CT molecular complexity index is 886. The van der Waals surface area contributed by atoms with E-state index in [1.54, 1.807) is 11.3 Å². The van der Waals surface area contributed by atoms with Crippen molar-refractivity contribution < 1.29 is 0 Å². The summed E-state index contributed by atoms with van der Waals surface area (Å²) in [6, 6.07) is 8.27. The second-order valence-corrected chi connectivity index (χ2v) is 7.44. The smallest absolute Gasteiger partial charge is 0.306 e. The molecule has 0 amide bonds. The van der Waals surface area contributed by atoms with Crippen LogP contribution in [0.25, 0.3) is 11.0 Å². The minimum Gasteiger partial charge on any atom is -0.306 e. The number of H-pyrrole nitrogens is 1. The van der Waals surface area contributed by atoms with Crippen molar-refractivity contribution in [3.05, 3.63) is 50.8 Å². The van der Waals surface area contributed by atoms with E-state index in [4.69, 9.17) is 0 Å². The first-order valence-electron chi connectivity index (χ1n) is 8.53. The van der Waals surface area contributed by atoms with Gasteiger partial charge in [-0.3, -0.25) is 4.57 Å². The van der Waals surface area contributed by atoms with Crippen molar-refractivity contribution in [3.63, 3.8) is 0 Å². The predicted molar refractivity (Wildman–Crippen MR) is 97.8 cm³/mol. The van der Waals surface area contributed by atoms with Gasteiger partial charge in [-0.2, -0.15) is 0 Å². The minimum atomic E-state index is 0.0231. The zero-order chi connectivity index (χ0) is 16.5. The monoisotopic (exact) mass is 342 g/mol. The number of fused-ring (bicyclic) bond motifs is 1. The third kappa shape index (κ3) is 2.91. The lowest BCUT2D eigenvalue weighted by Gasteiger charge is -2.32. The van der Waals surface area contributed by atoms with Crippen molar-refractivity contribution in [2.75, 3.05) is 19.6 Å². The van der Waals surface area contributed by atoms with Gasteiger partial charge < -0.3 is 9.88 Å². The largest absolute Gasteiger partial charge is 0.326 e. The molecule has 4 rings (SSSR count). The molecule has 1 N–H and O–H groups in total. The Balaban J connectivity index is 1.41. The molecule has 126 valence electrons. The molecule has 1 aromatic carbocycles. The van der Waals surface area contributed by atoms with Crippen LogP contribution >= 0.6 is 11.3 Å². The maximum atomic E-state index is 12.3. The van der Waals surface area contributed by atoms with Gasteiger partial charge in [0.05, 0.1) is 22.2 Å². The van der Waals surface area contributed by atoms with Gasteiger partial charge >= 0.3 is 5.69 Å². The number of benzene rings is 1. The van der Waals surface area contributed by atoms with E-state index in [-0.39, 0.29) is 5.69 Å². The lowest BCUT2D eigenvalue weighted by Crippen LogP contribution is -2.37. The number of thiazole rings is 1. The number of aryl methyl sites for hydroxylation is 1. The molecule has 1 fully saturated rings. The van der Waals surface area contributed by atoms with E-state index >= 15 is 0 Å². The zero-order valence-corrected chi connectivity index (χ0v) is 14.7. The summed E-state index contributed by atoms with van der Waals surface area (Å²) in [5.41, 5.74) is 5.09. The van der Waals surface area contributed by atoms with Gasteiger partial charge in [-0.15, -0.1) is 11.3 Å². The molecule has 24 heavy (non-hydrogen) atoms. The number of rotatable bonds is 4. The number of hydrogen-bond acceptors (Lipinski definition) is 4. The molecule has 0 aliphatic carbocycles. The summed E-state index contributed by atoms with van der Waals surface area (Å²) in [6.45, 7) is 5.27. The molecule has 3 heterocycles. The van der Waals surface area contributed by atoms with Crippen LogP contribution in [0.4, 0.5) is 0 Å². The van der Waals surface area contributed by atoms with Crippen LogP contribution in [-0.4, -0.2) is 39.1 Å². The molecular formula is C18H22N4OS. The summed E-state index contributed by atoms with van der Waals surface area (Å²) in [6.07, 6.45) is 3.14. The fourth-order valence-corrected chi connectivity index (χ4v) is 4.43. The van der Waals surface area contributed by atoms with Gasteiger partial charge in [0.1, 0.15) is 0 Å². The SMILES string of the molecule is Cc1ncsc1CCN1CCC(n2c(=O)[nH]c3ccccc32)CC1. The van der Waals surface area contributed by atoms with E-state index in [9.17, 15) is 4.79 Å². The van der Waals surface area contributed by atoms with Gasteiger partial charge in [0.15, 0.2) is 0 Å². The van der Waals surface area contributed by atoms with Crippen LogP contribution in [0.15, 0.2) is 34.6 Å². The summed E-state index contributed by atoms with van der Waals surface area (Å²) in [5.74, 6) is 0. The van der Waals surface area contributed by atoms with Crippen molar-refractivity contribution in [1.29, 1.82) is 0 Å². The van der Waals surface area contributed by atoms with Crippen LogP contribution in [0, 0.1) is 6.92 Å². The van der Waals surface area contributed by atoms with E-state index in [0.717, 1.165) is 49.9 Å². The van der Waals surface area contributed by atoms with E-state index in [0.29, 0.717) is 6.04 Å². The lowest BCUT2D eigenvalue weighted by molar-refractivity contribution is 0.189. The number of nitrogens with one attached hydrogen (secondary N) is 1. The molecule has 1 aliphatic rings. The second-order valence-electron chi connectivity index (χ2n) is 6.50. The molecule has 0 saturated carbocycles. The molecule has 0 bridgehead atoms. The summed E-state index contributed by atoms with van der Waals surface area (Å²) in [4.78, 5) is 23.5. The van der Waals surface area contributed by atoms with E-state index in [1.807, 2.05) is 34.3 Å². The number of para-hydroxylation sites is 2. The zero-order valence-electron chi connectivity index (χ0n) is 13.9. The van der Waals surface area contributed by atoms with Gasteiger partial charge in [0.25, 0.3) is 0 Å². The first kappa shape index (κ1) is 15.6. The average Bonchev–Trinajstić information content (AvgIpc) is 3.15. The molecular weight excluding hydrogens is 320 g/mol. The first-order chi connectivity index (χ1) is 11.7. The topological polar surface area (TPSA) is 53.9 Å². The van der Waals surface area contributed by atoms with Crippen LogP contribution in [0.1, 0.15) is 29.5 Å². The summed E-state index contributed by atoms with van der Waals surface area (Å²) >= 11 is 1.75. The van der Waals surface area contributed by atoms with Gasteiger partial charge in [-0.05, 0) is 38.3 Å². The number of aromatic nitrogens is 3. The van der Waals surface area contributed by atoms with E-state index < -0.39 is 0 Å². The molecule has 0 spiro atoms. The molecule has 6 heteroatoms. The fourth-order valence-electron chi connectivity index (χ4n) is 3.66. The van der Waals surface area contributed by atoms with Crippen LogP contribution in [0.5, 0.6) is 0 Å². The van der Waals surface area contributed by atoms with E-state index in [1.165, 1.54) is 10.6 Å². The molecule has 3 aromatic rings. The Morgan fingerprint density at radius 3 is 2.83 bits per heavy atom. The molecule has 2 aromatic heterocycles. The molecule has 1 aliphatic heterocycles. The predicted octanol–water partition coefficient (Wildman–Crippen LogP) is 2.97. The third-order valence-corrected chi connectivity index (χ3v) is 6.04. The summed E-state index contributed by atoms with van der Waals surface area (Å²) in [7, 11) is 0. The minimum absolute atomic E-state index is 0.0231. The highest BCUT2D eigenvalue weighted by Gasteiger charge is 2.23. The maximum absolute atomic E-state index is 12.3. The van der Waals surface area contributed by atoms with Crippen molar-refractivity contribution >= 4 is 22.4 Å². The maximum Gasteiger partial charge on any atom is 0.326 e. The standard InChI is InChI=1S/C18H22N4OS/c1-13-17(24-12-19-13)8-11-21-9-6-14(7-10-21)22-16-5-3-2-4-15(16)20-18(22)23/h2-5,12,14H,6-11H2,1H3,(H,20,23). The Kier molecular flexibility index (Phi) is 4.24. The number of nitrogens with zero attached hydrogens (tertiary/aromatic N) is 3. The normalized spacial score (nSPS) is 16.9. The molecule has 0 atom stereocenters. The van der Waals surface area contributed by atoms with E-state index in [2.05, 4.69) is 21.8 Å². The van der Waals surface area contributed by atoms with Crippen molar-refractivity contribution in [1.82, 2.24) is 19.4 Å². The molecule has 0 radical (unpaired) electrons. The lowest BCUT2D eigenvalue weighted by atomic mass is 10.0. The number of piperidine rings is 1.